The molecule has 0 bridgehead atoms. The van der Waals surface area contributed by atoms with Crippen LogP contribution < -0.4 is 4.74 Å². The van der Waals surface area contributed by atoms with Crippen LogP contribution in [0.25, 0.3) is 0 Å². The van der Waals surface area contributed by atoms with Crippen LogP contribution in [0.3, 0.4) is 0 Å². The van der Waals surface area contributed by atoms with E-state index in [0.29, 0.717) is 5.02 Å². The van der Waals surface area contributed by atoms with Crippen molar-refractivity contribution in [1.29, 1.82) is 0 Å². The van der Waals surface area contributed by atoms with Crippen LogP contribution in [-0.4, -0.2) is 7.11 Å². The molecule has 2 aromatic carbocycles. The van der Waals surface area contributed by atoms with Gasteiger partial charge in [0.15, 0.2) is 0 Å². The highest BCUT2D eigenvalue weighted by Gasteiger charge is 2.15. The summed E-state index contributed by atoms with van der Waals surface area (Å²) in [5.41, 5.74) is 1.92. The summed E-state index contributed by atoms with van der Waals surface area (Å²) in [6.45, 7) is 0. The summed E-state index contributed by atoms with van der Waals surface area (Å²) < 4.78 is 6.94. The summed E-state index contributed by atoms with van der Waals surface area (Å²) in [4.78, 5) is 0. The van der Waals surface area contributed by atoms with Crippen molar-refractivity contribution in [3.05, 3.63) is 61.5 Å². The minimum atomic E-state index is -0.272. The summed E-state index contributed by atoms with van der Waals surface area (Å²) in [6, 6.07) is 11.4. The van der Waals surface area contributed by atoms with Gasteiger partial charge < -0.3 is 4.74 Å². The van der Waals surface area contributed by atoms with Crippen LogP contribution in [-0.2, 0) is 0 Å². The molecule has 0 aliphatic rings. The molecule has 2 rings (SSSR count). The van der Waals surface area contributed by atoms with Gasteiger partial charge in [0.2, 0.25) is 0 Å². The van der Waals surface area contributed by atoms with E-state index < -0.39 is 0 Å². The molecule has 0 saturated carbocycles. The largest absolute Gasteiger partial charge is 0.497 e. The van der Waals surface area contributed by atoms with E-state index in [9.17, 15) is 0 Å². The van der Waals surface area contributed by atoms with Gasteiger partial charge in [0.05, 0.1) is 17.5 Å². The van der Waals surface area contributed by atoms with Gasteiger partial charge in [0, 0.05) is 8.95 Å². The van der Waals surface area contributed by atoms with Gasteiger partial charge in [-0.15, -0.1) is 11.6 Å². The summed E-state index contributed by atoms with van der Waals surface area (Å²) in [6.07, 6.45) is 0. The van der Waals surface area contributed by atoms with Crippen LogP contribution in [0, 0.1) is 0 Å². The molecule has 1 nitrogen and oxygen atoms in total. The zero-order valence-corrected chi connectivity index (χ0v) is 14.6. The predicted molar refractivity (Wildman–Crippen MR) is 87.5 cm³/mol. The normalized spacial score (nSPS) is 12.3. The Hall–Kier alpha value is -0.220. The Balaban J connectivity index is 2.38. The SMILES string of the molecule is COc1ccc(C(Cl)c2ccc(Br)c(Cl)c2)c(Br)c1. The molecular formula is C14H10Br2Cl2O. The van der Waals surface area contributed by atoms with E-state index in [0.717, 1.165) is 25.8 Å². The van der Waals surface area contributed by atoms with Gasteiger partial charge in [-0.3, -0.25) is 0 Å². The maximum Gasteiger partial charge on any atom is 0.120 e. The van der Waals surface area contributed by atoms with Crippen molar-refractivity contribution in [3.8, 4) is 5.75 Å². The average molecular weight is 425 g/mol. The van der Waals surface area contributed by atoms with E-state index in [4.69, 9.17) is 27.9 Å². The van der Waals surface area contributed by atoms with Gasteiger partial charge in [0.1, 0.15) is 5.75 Å². The Bertz CT molecular complexity index is 602. The number of hydrogen-bond acceptors (Lipinski definition) is 1. The summed E-state index contributed by atoms with van der Waals surface area (Å²) in [5.74, 6) is 0.785. The standard InChI is InChI=1S/C14H10Br2Cl2O/c1-19-9-3-4-10(12(16)7-9)14(18)8-2-5-11(15)13(17)6-8/h2-7,14H,1H3. The summed E-state index contributed by atoms with van der Waals surface area (Å²) in [5, 5.41) is 0.374. The molecule has 0 aliphatic heterocycles. The minimum absolute atomic E-state index is 0.272. The lowest BCUT2D eigenvalue weighted by Crippen LogP contribution is -1.95. The van der Waals surface area contributed by atoms with Crippen LogP contribution in [0.2, 0.25) is 5.02 Å². The third kappa shape index (κ3) is 3.46. The van der Waals surface area contributed by atoms with E-state index >= 15 is 0 Å². The molecule has 0 heterocycles. The quantitative estimate of drug-likeness (QED) is 0.533. The fourth-order valence-corrected chi connectivity index (χ4v) is 3.17. The fraction of sp³-hybridized carbons (Fsp3) is 0.143. The van der Waals surface area contributed by atoms with Crippen molar-refractivity contribution in [1.82, 2.24) is 0 Å². The van der Waals surface area contributed by atoms with Crippen molar-refractivity contribution in [2.75, 3.05) is 7.11 Å². The average Bonchev–Trinajstić information content (AvgIpc) is 2.41. The molecule has 0 radical (unpaired) electrons. The number of rotatable bonds is 3. The molecule has 0 N–H and O–H groups in total. The monoisotopic (exact) mass is 422 g/mol. The Morgan fingerprint density at radius 2 is 1.79 bits per heavy atom. The van der Waals surface area contributed by atoms with Crippen LogP contribution in [0.15, 0.2) is 45.3 Å². The maximum absolute atomic E-state index is 6.51. The predicted octanol–water partition coefficient (Wildman–Crippen LogP) is 6.20. The first-order valence-electron chi connectivity index (χ1n) is 5.45. The lowest BCUT2D eigenvalue weighted by molar-refractivity contribution is 0.414. The molecule has 0 saturated heterocycles. The van der Waals surface area contributed by atoms with E-state index in [1.54, 1.807) is 7.11 Å². The number of hydrogen-bond donors (Lipinski definition) is 0. The molecule has 1 unspecified atom stereocenters. The molecular weight excluding hydrogens is 415 g/mol. The lowest BCUT2D eigenvalue weighted by atomic mass is 10.0. The van der Waals surface area contributed by atoms with Gasteiger partial charge in [-0.05, 0) is 51.3 Å². The minimum Gasteiger partial charge on any atom is -0.497 e. The summed E-state index contributed by atoms with van der Waals surface area (Å²) >= 11 is 19.5. The zero-order valence-electron chi connectivity index (χ0n) is 9.96. The Kier molecular flexibility index (Phi) is 5.18. The van der Waals surface area contributed by atoms with E-state index in [1.165, 1.54) is 0 Å². The summed E-state index contributed by atoms with van der Waals surface area (Å²) in [7, 11) is 1.63. The first-order chi connectivity index (χ1) is 9.02. The van der Waals surface area contributed by atoms with Crippen LogP contribution >= 0.6 is 55.1 Å². The number of alkyl halides is 1. The first-order valence-corrected chi connectivity index (χ1v) is 7.85. The smallest absolute Gasteiger partial charge is 0.120 e. The number of halogens is 4. The lowest BCUT2D eigenvalue weighted by Gasteiger charge is -2.14. The highest BCUT2D eigenvalue weighted by atomic mass is 79.9. The second-order valence-corrected chi connectivity index (χ2v) is 6.48. The van der Waals surface area contributed by atoms with Crippen LogP contribution in [0.4, 0.5) is 0 Å². The highest BCUT2D eigenvalue weighted by Crippen LogP contribution is 2.37. The Morgan fingerprint density at radius 3 is 2.37 bits per heavy atom. The fourth-order valence-electron chi connectivity index (χ4n) is 1.69. The molecule has 100 valence electrons. The van der Waals surface area contributed by atoms with Gasteiger partial charge in [-0.25, -0.2) is 0 Å². The van der Waals surface area contributed by atoms with Crippen molar-refractivity contribution in [3.63, 3.8) is 0 Å². The van der Waals surface area contributed by atoms with Gasteiger partial charge in [0.25, 0.3) is 0 Å². The van der Waals surface area contributed by atoms with Crippen molar-refractivity contribution in [2.24, 2.45) is 0 Å². The first kappa shape index (κ1) is 15.2. The molecule has 0 spiro atoms. The van der Waals surface area contributed by atoms with Crippen molar-refractivity contribution < 1.29 is 4.74 Å². The molecule has 0 amide bonds. The van der Waals surface area contributed by atoms with Crippen molar-refractivity contribution >= 4 is 55.1 Å². The molecule has 19 heavy (non-hydrogen) atoms. The van der Waals surface area contributed by atoms with Gasteiger partial charge in [-0.2, -0.15) is 0 Å². The number of methoxy groups -OCH3 is 1. The molecule has 0 aliphatic carbocycles. The number of ether oxygens (including phenoxy) is 1. The van der Waals surface area contributed by atoms with Crippen molar-refractivity contribution in [2.45, 2.75) is 5.38 Å². The molecule has 5 heteroatoms. The van der Waals surface area contributed by atoms with Gasteiger partial charge in [-0.1, -0.05) is 39.7 Å². The van der Waals surface area contributed by atoms with E-state index in [-0.39, 0.29) is 5.38 Å². The highest BCUT2D eigenvalue weighted by molar-refractivity contribution is 9.10. The molecule has 0 aromatic heterocycles. The van der Waals surface area contributed by atoms with Crippen LogP contribution in [0.1, 0.15) is 16.5 Å². The second kappa shape index (κ2) is 6.49. The van der Waals surface area contributed by atoms with E-state index in [2.05, 4.69) is 31.9 Å². The number of benzene rings is 2. The Morgan fingerprint density at radius 1 is 1.05 bits per heavy atom. The topological polar surface area (TPSA) is 9.23 Å². The molecule has 0 fully saturated rings. The molecule has 1 atom stereocenters. The zero-order chi connectivity index (χ0) is 14.0. The van der Waals surface area contributed by atoms with E-state index in [1.807, 2.05) is 36.4 Å². The Labute approximate surface area is 139 Å². The second-order valence-electron chi connectivity index (χ2n) is 3.92. The van der Waals surface area contributed by atoms with Crippen LogP contribution in [0.5, 0.6) is 5.75 Å². The maximum atomic E-state index is 6.51. The van der Waals surface area contributed by atoms with Gasteiger partial charge >= 0.3 is 0 Å². The third-order valence-corrected chi connectivity index (χ3v) is 5.12. The molecule has 2 aromatic rings. The third-order valence-electron chi connectivity index (χ3n) is 2.72.